The monoisotopic (exact) mass is 1100 g/mol. The molecule has 12 bridgehead atoms. The van der Waals surface area contributed by atoms with Crippen molar-refractivity contribution >= 4 is 0 Å². The van der Waals surface area contributed by atoms with Crippen molar-refractivity contribution in [1.29, 1.82) is 0 Å². The third-order valence-corrected chi connectivity index (χ3v) is 18.5. The second-order valence-electron chi connectivity index (χ2n) is 29.2. The van der Waals surface area contributed by atoms with E-state index in [4.69, 9.17) is 0 Å². The second-order valence-corrected chi connectivity index (χ2v) is 29.2. The van der Waals surface area contributed by atoms with E-state index in [1.807, 2.05) is 0 Å². The predicted octanol–water partition coefficient (Wildman–Crippen LogP) is 11.0. The standard InChI is InChI=1S/C68H104N8O4/c1-65(2,3)53-33-45-29-49(61(53)77)37-69-57-17-13-14-18-58(57)70-38-50-31-47(35-55(62(50)78)67(7,8)9)43-75-25-27-76(28-26-75)44-48-32-52(64(80)56(36-48)68(10,11)12)40-72-60-20-16-15-19-59(60)71-39-51-30-46(34-54(63(51)79)66(4,5)6)42-74-23-21-73(41-45)22-24-74/h29-36,57-60,69-72,77-80H,13-28,37-44H2,1-12H3/t57-,58-,59-,60-/m1/s1. The van der Waals surface area contributed by atoms with E-state index in [1.165, 1.54) is 47.9 Å². The van der Waals surface area contributed by atoms with E-state index in [-0.39, 0.29) is 45.8 Å². The maximum atomic E-state index is 11.9. The number of phenolic OH excluding ortho intramolecular Hbond substituents is 4. The molecule has 0 radical (unpaired) electrons. The number of phenols is 4. The summed E-state index contributed by atoms with van der Waals surface area (Å²) in [5, 5.41) is 63.6. The van der Waals surface area contributed by atoms with E-state index in [0.717, 1.165) is 149 Å². The number of hydrogen-bond donors (Lipinski definition) is 8. The van der Waals surface area contributed by atoms with Crippen molar-refractivity contribution in [2.75, 3.05) is 52.4 Å². The van der Waals surface area contributed by atoms with Gasteiger partial charge in [-0.2, -0.15) is 0 Å². The molecule has 2 aliphatic carbocycles. The van der Waals surface area contributed by atoms with Crippen LogP contribution >= 0.6 is 0 Å². The molecule has 8 aliphatic rings. The Kier molecular flexibility index (Phi) is 18.8. The van der Waals surface area contributed by atoms with Crippen LogP contribution in [0.5, 0.6) is 23.0 Å². The second kappa shape index (κ2) is 24.9. The van der Waals surface area contributed by atoms with Crippen LogP contribution < -0.4 is 21.3 Å². The third-order valence-electron chi connectivity index (χ3n) is 18.5. The van der Waals surface area contributed by atoms with Gasteiger partial charge in [0.05, 0.1) is 0 Å². The first-order valence-electron chi connectivity index (χ1n) is 31.0. The van der Waals surface area contributed by atoms with Crippen LogP contribution in [0.4, 0.5) is 0 Å². The Balaban J connectivity index is 1.00. The summed E-state index contributed by atoms with van der Waals surface area (Å²) in [4.78, 5) is 10.3. The van der Waals surface area contributed by atoms with Crippen LogP contribution in [-0.4, -0.2) is 117 Å². The average molecular weight is 1100 g/mol. The number of rotatable bonds is 0. The summed E-state index contributed by atoms with van der Waals surface area (Å²) in [6.45, 7) is 39.7. The van der Waals surface area contributed by atoms with Gasteiger partial charge in [-0.3, -0.25) is 19.6 Å². The molecule has 6 heterocycles. The molecule has 0 unspecified atom stereocenters. The molecule has 2 saturated carbocycles. The minimum absolute atomic E-state index is 0.222. The molecule has 4 atom stereocenters. The van der Waals surface area contributed by atoms with Crippen molar-refractivity contribution in [3.8, 4) is 23.0 Å². The zero-order chi connectivity index (χ0) is 57.3. The first-order valence-corrected chi connectivity index (χ1v) is 31.0. The van der Waals surface area contributed by atoms with Crippen molar-refractivity contribution in [2.45, 2.75) is 233 Å². The Morgan fingerprint density at radius 2 is 0.500 bits per heavy atom. The van der Waals surface area contributed by atoms with Gasteiger partial charge in [-0.05, 0) is 116 Å². The van der Waals surface area contributed by atoms with Crippen molar-refractivity contribution in [3.63, 3.8) is 0 Å². The highest BCUT2D eigenvalue weighted by Crippen LogP contribution is 2.40. The summed E-state index contributed by atoms with van der Waals surface area (Å²) >= 11 is 0. The molecule has 80 heavy (non-hydrogen) atoms. The van der Waals surface area contributed by atoms with Crippen LogP contribution in [0.2, 0.25) is 0 Å². The number of nitrogens with zero attached hydrogens (tertiary/aromatic N) is 4. The maximum Gasteiger partial charge on any atom is 0.123 e. The van der Waals surface area contributed by atoms with Crippen molar-refractivity contribution in [1.82, 2.24) is 40.9 Å². The Morgan fingerprint density at radius 1 is 0.312 bits per heavy atom. The fraction of sp³-hybridized carbons (Fsp3) is 0.647. The lowest BCUT2D eigenvalue weighted by Gasteiger charge is -2.36. The molecule has 4 fully saturated rings. The Morgan fingerprint density at radius 3 is 0.675 bits per heavy atom. The fourth-order valence-electron chi connectivity index (χ4n) is 13.7. The Hall–Kier alpha value is -4.24. The van der Waals surface area contributed by atoms with Gasteiger partial charge < -0.3 is 41.7 Å². The minimum atomic E-state index is -0.222. The van der Waals surface area contributed by atoms with Crippen LogP contribution in [0, 0.1) is 0 Å². The average Bonchev–Trinajstić information content (AvgIpc) is 3.42. The highest BCUT2D eigenvalue weighted by molar-refractivity contribution is 5.50. The fourth-order valence-corrected chi connectivity index (χ4v) is 13.7. The summed E-state index contributed by atoms with van der Waals surface area (Å²) in [6, 6.07) is 18.9. The van der Waals surface area contributed by atoms with E-state index >= 15 is 0 Å². The van der Waals surface area contributed by atoms with E-state index in [2.05, 4.69) is 172 Å². The minimum Gasteiger partial charge on any atom is -0.507 e. The van der Waals surface area contributed by atoms with E-state index < -0.39 is 0 Å². The zero-order valence-corrected chi connectivity index (χ0v) is 51.5. The summed E-state index contributed by atoms with van der Waals surface area (Å²) < 4.78 is 0. The van der Waals surface area contributed by atoms with Crippen molar-refractivity contribution in [3.05, 3.63) is 115 Å². The highest BCUT2D eigenvalue weighted by atomic mass is 16.3. The van der Waals surface area contributed by atoms with E-state index in [1.54, 1.807) is 0 Å². The smallest absolute Gasteiger partial charge is 0.123 e. The number of piperazine rings is 2. The summed E-state index contributed by atoms with van der Waals surface area (Å²) in [5.41, 5.74) is 11.9. The van der Waals surface area contributed by atoms with Gasteiger partial charge in [-0.15, -0.1) is 0 Å². The van der Waals surface area contributed by atoms with Crippen molar-refractivity contribution < 1.29 is 20.4 Å². The molecule has 2 saturated heterocycles. The molecule has 4 aromatic rings. The maximum absolute atomic E-state index is 11.9. The molecule has 0 aromatic heterocycles. The molecule has 0 amide bonds. The molecule has 12 rings (SSSR count). The molecule has 12 nitrogen and oxygen atoms in total. The van der Waals surface area contributed by atoms with Gasteiger partial charge in [0.2, 0.25) is 0 Å². The van der Waals surface area contributed by atoms with Crippen LogP contribution in [0.25, 0.3) is 0 Å². The number of nitrogens with one attached hydrogen (secondary N) is 4. The van der Waals surface area contributed by atoms with Crippen LogP contribution in [0.15, 0.2) is 48.5 Å². The van der Waals surface area contributed by atoms with Crippen LogP contribution in [0.3, 0.4) is 0 Å². The van der Waals surface area contributed by atoms with Crippen molar-refractivity contribution in [2.24, 2.45) is 0 Å². The topological polar surface area (TPSA) is 142 Å². The normalized spacial score (nSPS) is 26.6. The molecule has 440 valence electrons. The summed E-state index contributed by atoms with van der Waals surface area (Å²) in [5.74, 6) is 1.63. The first kappa shape index (κ1) is 60.4. The van der Waals surface area contributed by atoms with Gasteiger partial charge in [0.15, 0.2) is 0 Å². The summed E-state index contributed by atoms with van der Waals surface area (Å²) in [6.07, 6.45) is 8.90. The lowest BCUT2D eigenvalue weighted by atomic mass is 9.83. The molecule has 6 aliphatic heterocycles. The van der Waals surface area contributed by atoms with E-state index in [9.17, 15) is 20.4 Å². The molecule has 4 aromatic carbocycles. The molecule has 12 heteroatoms. The third kappa shape index (κ3) is 14.9. The lowest BCUT2D eigenvalue weighted by Crippen LogP contribution is -2.49. The molecule has 0 spiro atoms. The number of benzene rings is 4. The Bertz CT molecular complexity index is 2380. The van der Waals surface area contributed by atoms with Gasteiger partial charge in [0.1, 0.15) is 23.0 Å². The van der Waals surface area contributed by atoms with Gasteiger partial charge in [0.25, 0.3) is 0 Å². The quantitative estimate of drug-likeness (QED) is 0.0850. The Labute approximate surface area is 482 Å². The predicted molar refractivity (Wildman–Crippen MR) is 328 cm³/mol. The summed E-state index contributed by atoms with van der Waals surface area (Å²) in [7, 11) is 0. The SMILES string of the molecule is CC(C)(C)c1cc2cc(c1O)CN[C@@H]1CCCC[C@H]1NCc1cc(cc(C(C)(C)C)c1O)CN1CCN(CC1)Cc1cc(c(O)c(C(C)(C)C)c1)CN[C@@H]1CCCC[C@H]1NCc1cc(cc(C(C)(C)C)c1O)CN1CCN(CC1)C2. The highest BCUT2D eigenvalue weighted by Gasteiger charge is 2.32. The number of aromatic hydroxyl groups is 4. The number of hydrogen-bond acceptors (Lipinski definition) is 12. The molecular formula is C68H104N8O4. The van der Waals surface area contributed by atoms with Gasteiger partial charge in [-0.1, -0.05) is 133 Å². The molecular weight excluding hydrogens is 993 g/mol. The zero-order valence-electron chi connectivity index (χ0n) is 51.5. The van der Waals surface area contributed by atoms with Gasteiger partial charge >= 0.3 is 0 Å². The van der Waals surface area contributed by atoms with Crippen LogP contribution in [0.1, 0.15) is 201 Å². The van der Waals surface area contributed by atoms with Crippen LogP contribution in [-0.2, 0) is 74.0 Å². The lowest BCUT2D eigenvalue weighted by molar-refractivity contribution is 0.122. The largest absolute Gasteiger partial charge is 0.507 e. The van der Waals surface area contributed by atoms with E-state index in [0.29, 0.717) is 49.2 Å². The van der Waals surface area contributed by atoms with Gasteiger partial charge in [-0.25, -0.2) is 0 Å². The first-order chi connectivity index (χ1) is 37.8. The van der Waals surface area contributed by atoms with Gasteiger partial charge in [0, 0.05) is 151 Å². The molecule has 8 N–H and O–H groups in total.